The van der Waals surface area contributed by atoms with Gasteiger partial charge in [0.25, 0.3) is 0 Å². The first kappa shape index (κ1) is 6.11. The largest absolute Gasteiger partial charge is 0.310 e. The van der Waals surface area contributed by atoms with Crippen LogP contribution in [0.25, 0.3) is 0 Å². The van der Waals surface area contributed by atoms with Crippen molar-refractivity contribution in [1.29, 1.82) is 0 Å². The summed E-state index contributed by atoms with van der Waals surface area (Å²) in [6, 6.07) is 0. The fraction of sp³-hybridized carbons (Fsp3) is 0.800. The van der Waals surface area contributed by atoms with Gasteiger partial charge < -0.3 is 5.32 Å². The van der Waals surface area contributed by atoms with Gasteiger partial charge in [-0.25, -0.2) is 0 Å². The third kappa shape index (κ3) is 1.23. The molecule has 1 N–H and O–H groups in total. The maximum absolute atomic E-state index is 10.7. The fourth-order valence-corrected chi connectivity index (χ4v) is 0.950. The van der Waals surface area contributed by atoms with Gasteiger partial charge in [-0.1, -0.05) is 0 Å². The van der Waals surface area contributed by atoms with E-state index in [2.05, 4.69) is 17.9 Å². The summed E-state index contributed by atoms with van der Waals surface area (Å²) < 4.78 is 0. The molecule has 1 atom stereocenters. The number of thiol groups is 1. The van der Waals surface area contributed by atoms with Crippen molar-refractivity contribution >= 4 is 18.4 Å². The van der Waals surface area contributed by atoms with Crippen molar-refractivity contribution in [2.45, 2.75) is 11.7 Å². The Hall–Kier alpha value is -0.0200. The second-order valence-electron chi connectivity index (χ2n) is 1.95. The summed E-state index contributed by atoms with van der Waals surface area (Å²) in [6.45, 7) is 1.44. The molecule has 1 aliphatic rings. The van der Waals surface area contributed by atoms with Crippen molar-refractivity contribution in [2.24, 2.45) is 0 Å². The molecule has 0 bridgehead atoms. The monoisotopic (exact) mass is 131 g/mol. The second kappa shape index (κ2) is 2.51. The highest BCUT2D eigenvalue weighted by Crippen LogP contribution is 2.04. The molecule has 46 valence electrons. The summed E-state index contributed by atoms with van der Waals surface area (Å²) in [5, 5.41) is 2.96. The van der Waals surface area contributed by atoms with Gasteiger partial charge in [0.05, 0.1) is 11.8 Å². The minimum absolute atomic E-state index is 0.00347. The van der Waals surface area contributed by atoms with Crippen molar-refractivity contribution in [3.05, 3.63) is 0 Å². The maximum atomic E-state index is 10.7. The van der Waals surface area contributed by atoms with E-state index in [0.29, 0.717) is 6.54 Å². The Morgan fingerprint density at radius 2 is 2.50 bits per heavy atom. The number of carbonyl (C=O) groups excluding carboxylic acids is 1. The molecule has 1 heterocycles. The average molecular weight is 131 g/mol. The molecule has 1 aliphatic heterocycles. The Morgan fingerprint density at radius 1 is 1.75 bits per heavy atom. The first-order chi connectivity index (χ1) is 3.80. The molecule has 0 aromatic carbocycles. The lowest BCUT2D eigenvalue weighted by Crippen LogP contribution is -2.37. The molecular weight excluding hydrogens is 122 g/mol. The standard InChI is InChI=1S/C5H9NOS/c7-4-3-6-2-1-5(4)8/h5-6,8H,1-3H2. The number of ketones is 1. The summed E-state index contributed by atoms with van der Waals surface area (Å²) >= 11 is 4.07. The zero-order valence-electron chi connectivity index (χ0n) is 4.55. The van der Waals surface area contributed by atoms with E-state index in [9.17, 15) is 4.79 Å². The van der Waals surface area contributed by atoms with Gasteiger partial charge in [0.2, 0.25) is 0 Å². The van der Waals surface area contributed by atoms with E-state index < -0.39 is 0 Å². The van der Waals surface area contributed by atoms with Gasteiger partial charge in [0.1, 0.15) is 0 Å². The summed E-state index contributed by atoms with van der Waals surface area (Å²) in [6.07, 6.45) is 0.877. The van der Waals surface area contributed by atoms with E-state index in [0.717, 1.165) is 13.0 Å². The average Bonchev–Trinajstić information content (AvgIpc) is 1.77. The van der Waals surface area contributed by atoms with Gasteiger partial charge in [-0.2, -0.15) is 12.6 Å². The van der Waals surface area contributed by atoms with Gasteiger partial charge in [-0.05, 0) is 13.0 Å². The van der Waals surface area contributed by atoms with Crippen molar-refractivity contribution in [1.82, 2.24) is 5.32 Å². The van der Waals surface area contributed by atoms with E-state index in [-0.39, 0.29) is 11.0 Å². The molecule has 1 saturated heterocycles. The predicted octanol–water partition coefficient (Wildman–Crippen LogP) is -0.153. The number of hydrogen-bond acceptors (Lipinski definition) is 3. The molecule has 0 radical (unpaired) electrons. The van der Waals surface area contributed by atoms with Gasteiger partial charge in [0.15, 0.2) is 5.78 Å². The van der Waals surface area contributed by atoms with Crippen molar-refractivity contribution in [3.63, 3.8) is 0 Å². The van der Waals surface area contributed by atoms with E-state index >= 15 is 0 Å². The van der Waals surface area contributed by atoms with Crippen molar-refractivity contribution < 1.29 is 4.79 Å². The maximum Gasteiger partial charge on any atom is 0.159 e. The molecule has 1 fully saturated rings. The Balaban J connectivity index is 2.39. The highest BCUT2D eigenvalue weighted by atomic mass is 32.1. The van der Waals surface area contributed by atoms with E-state index in [1.165, 1.54) is 0 Å². The predicted molar refractivity (Wildman–Crippen MR) is 35.3 cm³/mol. The SMILES string of the molecule is O=C1CNCCC1S. The van der Waals surface area contributed by atoms with E-state index in [1.54, 1.807) is 0 Å². The van der Waals surface area contributed by atoms with E-state index in [1.807, 2.05) is 0 Å². The quantitative estimate of drug-likeness (QED) is 0.448. The summed E-state index contributed by atoms with van der Waals surface area (Å²) in [5.41, 5.74) is 0. The van der Waals surface area contributed by atoms with Crippen LogP contribution in [0.15, 0.2) is 0 Å². The Labute approximate surface area is 54.1 Å². The number of rotatable bonds is 0. The number of nitrogens with one attached hydrogen (secondary N) is 1. The van der Waals surface area contributed by atoms with Gasteiger partial charge in [-0.15, -0.1) is 0 Å². The molecule has 0 amide bonds. The molecule has 8 heavy (non-hydrogen) atoms. The van der Waals surface area contributed by atoms with Crippen LogP contribution >= 0.6 is 12.6 Å². The molecule has 0 aromatic rings. The molecular formula is C5H9NOS. The lowest BCUT2D eigenvalue weighted by atomic mass is 10.1. The minimum atomic E-state index is -0.00347. The van der Waals surface area contributed by atoms with Crippen LogP contribution in [0.5, 0.6) is 0 Å². The molecule has 1 rings (SSSR count). The molecule has 0 aliphatic carbocycles. The van der Waals surface area contributed by atoms with Gasteiger partial charge in [0, 0.05) is 0 Å². The van der Waals surface area contributed by atoms with Crippen LogP contribution in [-0.4, -0.2) is 24.1 Å². The van der Waals surface area contributed by atoms with Crippen LogP contribution in [0.3, 0.4) is 0 Å². The first-order valence-corrected chi connectivity index (χ1v) is 3.24. The van der Waals surface area contributed by atoms with E-state index in [4.69, 9.17) is 0 Å². The van der Waals surface area contributed by atoms with Crippen molar-refractivity contribution in [2.75, 3.05) is 13.1 Å². The minimum Gasteiger partial charge on any atom is -0.310 e. The van der Waals surface area contributed by atoms with Gasteiger partial charge >= 0.3 is 0 Å². The Bertz CT molecular complexity index is 105. The zero-order valence-corrected chi connectivity index (χ0v) is 5.45. The number of Topliss-reactive ketones (excluding diaryl/α,β-unsaturated/α-hetero) is 1. The van der Waals surface area contributed by atoms with Crippen LogP contribution in [0.2, 0.25) is 0 Å². The molecule has 2 nitrogen and oxygen atoms in total. The highest BCUT2D eigenvalue weighted by Gasteiger charge is 2.16. The molecule has 3 heteroatoms. The topological polar surface area (TPSA) is 29.1 Å². The Morgan fingerprint density at radius 3 is 2.88 bits per heavy atom. The third-order valence-electron chi connectivity index (χ3n) is 1.27. The first-order valence-electron chi connectivity index (χ1n) is 2.72. The second-order valence-corrected chi connectivity index (χ2v) is 2.57. The summed E-state index contributed by atoms with van der Waals surface area (Å²) in [5.74, 6) is 0.222. The zero-order chi connectivity index (χ0) is 5.98. The number of hydrogen-bond donors (Lipinski definition) is 2. The fourth-order valence-electron chi connectivity index (χ4n) is 0.729. The van der Waals surface area contributed by atoms with Crippen LogP contribution in [0.4, 0.5) is 0 Å². The smallest absolute Gasteiger partial charge is 0.159 e. The van der Waals surface area contributed by atoms with Crippen LogP contribution in [0.1, 0.15) is 6.42 Å². The van der Waals surface area contributed by atoms with Crippen LogP contribution in [0, 0.1) is 0 Å². The molecule has 0 spiro atoms. The molecule has 0 aromatic heterocycles. The number of carbonyl (C=O) groups is 1. The normalized spacial score (nSPS) is 30.6. The summed E-state index contributed by atoms with van der Waals surface area (Å²) in [4.78, 5) is 10.7. The lowest BCUT2D eigenvalue weighted by molar-refractivity contribution is -0.118. The highest BCUT2D eigenvalue weighted by molar-refractivity contribution is 7.81. The molecule has 1 unspecified atom stereocenters. The van der Waals surface area contributed by atoms with Crippen molar-refractivity contribution in [3.8, 4) is 0 Å². The lowest BCUT2D eigenvalue weighted by Gasteiger charge is -2.15. The van der Waals surface area contributed by atoms with Gasteiger partial charge in [-0.3, -0.25) is 4.79 Å². The summed E-state index contributed by atoms with van der Waals surface area (Å²) in [7, 11) is 0. The number of piperidine rings is 1. The third-order valence-corrected chi connectivity index (χ3v) is 1.81. The van der Waals surface area contributed by atoms with Crippen LogP contribution < -0.4 is 5.32 Å². The molecule has 0 saturated carbocycles. The van der Waals surface area contributed by atoms with Crippen LogP contribution in [-0.2, 0) is 4.79 Å². The Kier molecular flexibility index (Phi) is 1.91.